The normalized spacial score (nSPS) is 27.5. The Labute approximate surface area is 81.5 Å². The summed E-state index contributed by atoms with van der Waals surface area (Å²) in [6.07, 6.45) is 8.92. The number of hydrogen-bond acceptors (Lipinski definition) is 1. The highest BCUT2D eigenvalue weighted by Gasteiger charge is 2.46. The van der Waals surface area contributed by atoms with Crippen molar-refractivity contribution in [3.8, 4) is 0 Å². The first-order chi connectivity index (χ1) is 6.06. The van der Waals surface area contributed by atoms with E-state index in [4.69, 9.17) is 4.74 Å². The van der Waals surface area contributed by atoms with Gasteiger partial charge in [-0.25, -0.2) is 0 Å². The van der Waals surface area contributed by atoms with Gasteiger partial charge in [0, 0.05) is 0 Å². The molecular weight excluding hydrogens is 160 g/mol. The van der Waals surface area contributed by atoms with Gasteiger partial charge in [-0.2, -0.15) is 0 Å². The summed E-state index contributed by atoms with van der Waals surface area (Å²) in [7, 11) is 0. The van der Waals surface area contributed by atoms with Crippen LogP contribution in [0, 0.1) is 5.92 Å². The molecule has 0 N–H and O–H groups in total. The monoisotopic (exact) mass is 180 g/mol. The highest BCUT2D eigenvalue weighted by atomic mass is 16.6. The third kappa shape index (κ3) is 3.35. The van der Waals surface area contributed by atoms with E-state index in [-0.39, 0.29) is 5.60 Å². The zero-order valence-electron chi connectivity index (χ0n) is 8.92. The molecule has 13 heavy (non-hydrogen) atoms. The van der Waals surface area contributed by atoms with Crippen LogP contribution in [0.15, 0.2) is 24.8 Å². The van der Waals surface area contributed by atoms with Crippen molar-refractivity contribution in [3.05, 3.63) is 24.8 Å². The summed E-state index contributed by atoms with van der Waals surface area (Å²) in [6.45, 7) is 10.2. The average Bonchev–Trinajstić information content (AvgIpc) is 2.67. The molecule has 1 saturated heterocycles. The van der Waals surface area contributed by atoms with E-state index in [1.54, 1.807) is 0 Å². The topological polar surface area (TPSA) is 12.5 Å². The van der Waals surface area contributed by atoms with E-state index in [0.717, 1.165) is 0 Å². The summed E-state index contributed by atoms with van der Waals surface area (Å²) in [4.78, 5) is 0. The van der Waals surface area contributed by atoms with Gasteiger partial charge in [-0.15, -0.1) is 0 Å². The van der Waals surface area contributed by atoms with Gasteiger partial charge in [0.15, 0.2) is 0 Å². The molecule has 0 spiro atoms. The van der Waals surface area contributed by atoms with Crippen LogP contribution in [0.3, 0.4) is 0 Å². The van der Waals surface area contributed by atoms with Crippen molar-refractivity contribution in [1.82, 2.24) is 0 Å². The lowest BCUT2D eigenvalue weighted by atomic mass is 9.99. The van der Waals surface area contributed by atoms with Crippen LogP contribution in [-0.4, -0.2) is 11.7 Å². The molecule has 1 heterocycles. The van der Waals surface area contributed by atoms with E-state index in [0.29, 0.717) is 12.0 Å². The lowest BCUT2D eigenvalue weighted by Crippen LogP contribution is -2.04. The quantitative estimate of drug-likeness (QED) is 0.467. The minimum atomic E-state index is 0.155. The molecule has 1 fully saturated rings. The molecule has 0 aromatic rings. The predicted octanol–water partition coefficient (Wildman–Crippen LogP) is 3.32. The van der Waals surface area contributed by atoms with Gasteiger partial charge in [0.25, 0.3) is 0 Å². The summed E-state index contributed by atoms with van der Waals surface area (Å²) >= 11 is 0. The zero-order chi connectivity index (χ0) is 9.90. The molecule has 2 unspecified atom stereocenters. The molecule has 2 atom stereocenters. The minimum absolute atomic E-state index is 0.155. The van der Waals surface area contributed by atoms with Gasteiger partial charge in [-0.1, -0.05) is 31.7 Å². The first kappa shape index (κ1) is 10.5. The molecule has 1 aliphatic heterocycles. The Balaban J connectivity index is 2.13. The number of hydrogen-bond donors (Lipinski definition) is 0. The second kappa shape index (κ2) is 4.10. The van der Waals surface area contributed by atoms with E-state index in [1.165, 1.54) is 12.8 Å². The van der Waals surface area contributed by atoms with Crippen molar-refractivity contribution >= 4 is 0 Å². The van der Waals surface area contributed by atoms with Gasteiger partial charge in [-0.05, 0) is 32.6 Å². The highest BCUT2D eigenvalue weighted by Crippen LogP contribution is 2.38. The first-order valence-electron chi connectivity index (χ1n) is 5.03. The molecule has 0 radical (unpaired) electrons. The van der Waals surface area contributed by atoms with Gasteiger partial charge in [0.05, 0.1) is 11.7 Å². The van der Waals surface area contributed by atoms with Crippen molar-refractivity contribution in [2.45, 2.75) is 45.3 Å². The number of ether oxygens (including phenoxy) is 1. The van der Waals surface area contributed by atoms with E-state index < -0.39 is 0 Å². The minimum Gasteiger partial charge on any atom is -0.367 e. The van der Waals surface area contributed by atoms with Crippen molar-refractivity contribution in [1.29, 1.82) is 0 Å². The lowest BCUT2D eigenvalue weighted by Gasteiger charge is -2.03. The molecule has 0 amide bonds. The number of epoxide rings is 1. The summed E-state index contributed by atoms with van der Waals surface area (Å²) in [5, 5.41) is 0. The van der Waals surface area contributed by atoms with Gasteiger partial charge < -0.3 is 4.74 Å². The van der Waals surface area contributed by atoms with Crippen LogP contribution < -0.4 is 0 Å². The fraction of sp³-hybridized carbons (Fsp3) is 0.667. The maximum absolute atomic E-state index is 5.51. The smallest absolute Gasteiger partial charge is 0.0892 e. The van der Waals surface area contributed by atoms with Crippen molar-refractivity contribution in [3.63, 3.8) is 0 Å². The van der Waals surface area contributed by atoms with Gasteiger partial charge in [0.2, 0.25) is 0 Å². The molecular formula is C12H20O. The largest absolute Gasteiger partial charge is 0.367 e. The number of allylic oxidation sites excluding steroid dienone is 3. The Morgan fingerprint density at radius 2 is 2.15 bits per heavy atom. The van der Waals surface area contributed by atoms with Crippen LogP contribution in [0.2, 0.25) is 0 Å². The van der Waals surface area contributed by atoms with E-state index in [9.17, 15) is 0 Å². The summed E-state index contributed by atoms with van der Waals surface area (Å²) in [5.41, 5.74) is 0.155. The number of rotatable bonds is 5. The second-order valence-corrected chi connectivity index (χ2v) is 4.39. The molecule has 0 bridgehead atoms. The van der Waals surface area contributed by atoms with Crippen LogP contribution in [0.1, 0.15) is 33.6 Å². The van der Waals surface area contributed by atoms with E-state index in [1.807, 2.05) is 12.2 Å². The van der Waals surface area contributed by atoms with Crippen molar-refractivity contribution in [2.24, 2.45) is 5.92 Å². The first-order valence-corrected chi connectivity index (χ1v) is 5.03. The average molecular weight is 180 g/mol. The zero-order valence-corrected chi connectivity index (χ0v) is 8.92. The Morgan fingerprint density at radius 3 is 2.62 bits per heavy atom. The Morgan fingerprint density at radius 1 is 1.54 bits per heavy atom. The van der Waals surface area contributed by atoms with Crippen LogP contribution in [0.4, 0.5) is 0 Å². The van der Waals surface area contributed by atoms with Crippen LogP contribution >= 0.6 is 0 Å². The van der Waals surface area contributed by atoms with Crippen molar-refractivity contribution < 1.29 is 4.74 Å². The van der Waals surface area contributed by atoms with E-state index >= 15 is 0 Å². The van der Waals surface area contributed by atoms with Crippen molar-refractivity contribution in [2.75, 3.05) is 0 Å². The third-order valence-corrected chi connectivity index (χ3v) is 2.62. The fourth-order valence-electron chi connectivity index (χ4n) is 1.52. The Bertz CT molecular complexity index is 203. The van der Waals surface area contributed by atoms with Crippen LogP contribution in [-0.2, 0) is 4.74 Å². The van der Waals surface area contributed by atoms with Gasteiger partial charge >= 0.3 is 0 Å². The van der Waals surface area contributed by atoms with Crippen LogP contribution in [0.5, 0.6) is 0 Å². The molecule has 1 aliphatic rings. The maximum atomic E-state index is 5.51. The molecule has 1 heteroatoms. The lowest BCUT2D eigenvalue weighted by molar-refractivity contribution is 0.316. The molecule has 1 nitrogen and oxygen atoms in total. The maximum Gasteiger partial charge on any atom is 0.0892 e. The van der Waals surface area contributed by atoms with Gasteiger partial charge in [0.1, 0.15) is 0 Å². The molecule has 0 saturated carbocycles. The molecule has 74 valence electrons. The third-order valence-electron chi connectivity index (χ3n) is 2.62. The summed E-state index contributed by atoms with van der Waals surface area (Å²) in [5.74, 6) is 0.637. The molecule has 0 aliphatic carbocycles. The molecule has 0 aromatic heterocycles. The standard InChI is InChI=1S/C12H20O/c1-5-6-7-10(2)8-9-11-12(3,4)13-11/h5-7,10-11H,1,8-9H2,2-4H3/b7-6+. The summed E-state index contributed by atoms with van der Waals surface area (Å²) in [6, 6.07) is 0. The van der Waals surface area contributed by atoms with E-state index in [2.05, 4.69) is 33.4 Å². The predicted molar refractivity (Wildman–Crippen MR) is 56.7 cm³/mol. The van der Waals surface area contributed by atoms with Gasteiger partial charge in [-0.3, -0.25) is 0 Å². The fourth-order valence-corrected chi connectivity index (χ4v) is 1.52. The summed E-state index contributed by atoms with van der Waals surface area (Å²) < 4.78 is 5.51. The highest BCUT2D eigenvalue weighted by molar-refractivity contribution is 5.00. The molecule has 1 rings (SSSR count). The Kier molecular flexibility index (Phi) is 3.32. The Hall–Kier alpha value is -0.560. The molecule has 0 aromatic carbocycles. The SMILES string of the molecule is C=C/C=C/C(C)CCC1OC1(C)C. The van der Waals surface area contributed by atoms with Crippen LogP contribution in [0.25, 0.3) is 0 Å². The second-order valence-electron chi connectivity index (χ2n) is 4.39.